The van der Waals surface area contributed by atoms with E-state index in [4.69, 9.17) is 23.6 Å². The molecule has 0 aliphatic carbocycles. The van der Waals surface area contributed by atoms with Gasteiger partial charge in [-0.3, -0.25) is 14.2 Å². The van der Waals surface area contributed by atoms with Crippen LogP contribution in [-0.2, 0) is 32.7 Å². The number of hydrogen-bond acceptors (Lipinski definition) is 9. The van der Waals surface area contributed by atoms with Crippen LogP contribution in [0.3, 0.4) is 0 Å². The van der Waals surface area contributed by atoms with Gasteiger partial charge in [-0.25, -0.2) is 0 Å². The molecule has 10 nitrogen and oxygen atoms in total. The summed E-state index contributed by atoms with van der Waals surface area (Å²) in [5, 5.41) is 7.57. The number of nitrogens with zero attached hydrogens (tertiary/aromatic N) is 1. The molecule has 0 aromatic heterocycles. The van der Waals surface area contributed by atoms with Gasteiger partial charge < -0.3 is 33.0 Å². The molecule has 0 amide bonds. The summed E-state index contributed by atoms with van der Waals surface area (Å²) in [7, 11) is 1.18. The SMILES string of the molecule is CCCCCCCCCCCCCCCC(=O)OC[C@H](COP(=O)([O-])OCC[N+](C)(C)C)OC(=O)CCCCCCCCCCCCCCC.CCO. The molecule has 0 aromatic carbocycles. The second kappa shape index (κ2) is 39.2. The minimum absolute atomic E-state index is 0.0259. The molecule has 0 saturated carbocycles. The molecule has 11 heteroatoms. The van der Waals surface area contributed by atoms with Crippen molar-refractivity contribution < 1.29 is 47.2 Å². The van der Waals surface area contributed by atoms with Gasteiger partial charge >= 0.3 is 11.9 Å². The Labute approximate surface area is 327 Å². The summed E-state index contributed by atoms with van der Waals surface area (Å²) < 4.78 is 33.8. The van der Waals surface area contributed by atoms with Crippen LogP contribution in [0.5, 0.6) is 0 Å². The fraction of sp³-hybridized carbons (Fsp3) is 0.952. The Bertz CT molecular complexity index is 853. The van der Waals surface area contributed by atoms with Gasteiger partial charge in [-0.15, -0.1) is 0 Å². The van der Waals surface area contributed by atoms with Crippen LogP contribution in [0, 0.1) is 0 Å². The Hall–Kier alpha value is -1.03. The Morgan fingerprint density at radius 1 is 0.566 bits per heavy atom. The number of aliphatic hydroxyl groups excluding tert-OH is 1. The van der Waals surface area contributed by atoms with Crippen LogP contribution in [0.1, 0.15) is 201 Å². The lowest BCUT2D eigenvalue weighted by atomic mass is 10.0. The van der Waals surface area contributed by atoms with Crippen molar-refractivity contribution in [2.45, 2.75) is 207 Å². The second-order valence-corrected chi connectivity index (χ2v) is 17.1. The van der Waals surface area contributed by atoms with Crippen molar-refractivity contribution in [1.29, 1.82) is 0 Å². The molecule has 0 rings (SSSR count). The van der Waals surface area contributed by atoms with Crippen molar-refractivity contribution in [2.24, 2.45) is 0 Å². The third-order valence-electron chi connectivity index (χ3n) is 9.13. The topological polar surface area (TPSA) is 131 Å². The summed E-state index contributed by atoms with van der Waals surface area (Å²) in [6.07, 6.45) is 31.2. The Morgan fingerprint density at radius 2 is 0.906 bits per heavy atom. The zero-order chi connectivity index (χ0) is 39.9. The van der Waals surface area contributed by atoms with Crippen LogP contribution in [0.15, 0.2) is 0 Å². The van der Waals surface area contributed by atoms with Crippen molar-refractivity contribution in [3.05, 3.63) is 0 Å². The van der Waals surface area contributed by atoms with Gasteiger partial charge in [0.25, 0.3) is 7.82 Å². The number of carbonyl (C=O) groups is 2. The number of likely N-dealkylation sites (N-methyl/N-ethyl adjacent to an activating group) is 1. The van der Waals surface area contributed by atoms with Crippen LogP contribution < -0.4 is 4.89 Å². The number of rotatable bonds is 38. The van der Waals surface area contributed by atoms with E-state index in [1.807, 2.05) is 21.1 Å². The van der Waals surface area contributed by atoms with Gasteiger partial charge in [0.2, 0.25) is 0 Å². The maximum absolute atomic E-state index is 12.6. The van der Waals surface area contributed by atoms with Crippen molar-refractivity contribution in [3.63, 3.8) is 0 Å². The number of carbonyl (C=O) groups excluding carboxylic acids is 2. The summed E-state index contributed by atoms with van der Waals surface area (Å²) >= 11 is 0. The van der Waals surface area contributed by atoms with Gasteiger partial charge in [0.15, 0.2) is 6.10 Å². The predicted molar refractivity (Wildman–Crippen MR) is 217 cm³/mol. The molecule has 318 valence electrons. The van der Waals surface area contributed by atoms with Gasteiger partial charge in [0.05, 0.1) is 27.7 Å². The van der Waals surface area contributed by atoms with Crippen molar-refractivity contribution in [1.82, 2.24) is 0 Å². The third kappa shape index (κ3) is 45.3. The molecular formula is C42H86NO9P. The average Bonchev–Trinajstić information content (AvgIpc) is 3.09. The molecule has 1 unspecified atom stereocenters. The lowest BCUT2D eigenvalue weighted by Gasteiger charge is -2.28. The predicted octanol–water partition coefficient (Wildman–Crippen LogP) is 10.6. The molecule has 2 atom stereocenters. The van der Waals surface area contributed by atoms with Crippen LogP contribution in [0.4, 0.5) is 0 Å². The van der Waals surface area contributed by atoms with Gasteiger partial charge in [-0.05, 0) is 19.8 Å². The number of phosphoric ester groups is 1. The number of quaternary nitrogens is 1. The van der Waals surface area contributed by atoms with Gasteiger partial charge in [0, 0.05) is 19.4 Å². The zero-order valence-corrected chi connectivity index (χ0v) is 36.4. The lowest BCUT2D eigenvalue weighted by molar-refractivity contribution is -0.870. The van der Waals surface area contributed by atoms with E-state index in [1.54, 1.807) is 6.92 Å². The highest BCUT2D eigenvalue weighted by molar-refractivity contribution is 7.45. The summed E-state index contributed by atoms with van der Waals surface area (Å²) in [6.45, 7) is 6.17. The summed E-state index contributed by atoms with van der Waals surface area (Å²) in [4.78, 5) is 37.4. The van der Waals surface area contributed by atoms with Crippen molar-refractivity contribution >= 4 is 19.8 Å². The maximum atomic E-state index is 12.6. The standard InChI is InChI=1S/C40H80NO8P.C2H6O/c1-6-8-10-12-14-16-18-20-22-24-26-28-30-32-39(42)46-36-38(37-48-50(44,45)47-35-34-41(3,4)5)49-40(43)33-31-29-27-25-23-21-19-17-15-13-11-9-7-2;1-2-3/h38H,6-37H2,1-5H3;3H,2H2,1H3/t38-;/m1./s1. The van der Waals surface area contributed by atoms with Crippen molar-refractivity contribution in [3.8, 4) is 0 Å². The van der Waals surface area contributed by atoms with E-state index >= 15 is 0 Å². The van der Waals surface area contributed by atoms with Crippen molar-refractivity contribution in [2.75, 3.05) is 54.1 Å². The number of hydrogen-bond donors (Lipinski definition) is 1. The molecule has 0 spiro atoms. The Balaban J connectivity index is 0. The lowest BCUT2D eigenvalue weighted by Crippen LogP contribution is -2.37. The molecule has 53 heavy (non-hydrogen) atoms. The maximum Gasteiger partial charge on any atom is 0.306 e. The fourth-order valence-electron chi connectivity index (χ4n) is 5.83. The van der Waals surface area contributed by atoms with Crippen LogP contribution in [-0.4, -0.2) is 81.7 Å². The summed E-state index contributed by atoms with van der Waals surface area (Å²) in [5.41, 5.74) is 0. The molecular weight excluding hydrogens is 693 g/mol. The van der Waals surface area contributed by atoms with E-state index in [2.05, 4.69) is 13.8 Å². The molecule has 0 radical (unpaired) electrons. The van der Waals surface area contributed by atoms with E-state index in [0.717, 1.165) is 32.1 Å². The second-order valence-electron chi connectivity index (χ2n) is 15.7. The normalized spacial score (nSPS) is 13.2. The van der Waals surface area contributed by atoms with Crippen LogP contribution >= 0.6 is 7.82 Å². The first-order valence-corrected chi connectivity index (χ1v) is 23.2. The molecule has 1 N–H and O–H groups in total. The number of aliphatic hydroxyl groups is 1. The number of ether oxygens (including phenoxy) is 2. The first-order chi connectivity index (χ1) is 25.4. The van der Waals surface area contributed by atoms with E-state index in [-0.39, 0.29) is 38.6 Å². The van der Waals surface area contributed by atoms with E-state index in [0.29, 0.717) is 17.4 Å². The molecule has 0 aliphatic heterocycles. The summed E-state index contributed by atoms with van der Waals surface area (Å²) in [5.74, 6) is -0.823. The molecule has 0 aliphatic rings. The quantitative estimate of drug-likeness (QED) is 0.0281. The average molecular weight is 780 g/mol. The minimum Gasteiger partial charge on any atom is -0.756 e. The number of phosphoric acid groups is 1. The number of esters is 2. The van der Waals surface area contributed by atoms with Crippen LogP contribution in [0.2, 0.25) is 0 Å². The molecule has 0 heterocycles. The highest BCUT2D eigenvalue weighted by Crippen LogP contribution is 2.38. The minimum atomic E-state index is -4.61. The van der Waals surface area contributed by atoms with Gasteiger partial charge in [0.1, 0.15) is 19.8 Å². The zero-order valence-electron chi connectivity index (χ0n) is 35.5. The Kier molecular flexibility index (Phi) is 40.0. The smallest absolute Gasteiger partial charge is 0.306 e. The largest absolute Gasteiger partial charge is 0.756 e. The molecule has 0 saturated heterocycles. The monoisotopic (exact) mass is 780 g/mol. The summed E-state index contributed by atoms with van der Waals surface area (Å²) in [6, 6.07) is 0. The number of unbranched alkanes of at least 4 members (excludes halogenated alkanes) is 24. The van der Waals surface area contributed by atoms with E-state index in [1.165, 1.54) is 128 Å². The first kappa shape index (κ1) is 54.1. The first-order valence-electron chi connectivity index (χ1n) is 21.8. The van der Waals surface area contributed by atoms with E-state index < -0.39 is 26.5 Å². The molecule has 0 fully saturated rings. The van der Waals surface area contributed by atoms with E-state index in [9.17, 15) is 19.0 Å². The van der Waals surface area contributed by atoms with Gasteiger partial charge in [-0.1, -0.05) is 168 Å². The fourth-order valence-corrected chi connectivity index (χ4v) is 6.56. The Morgan fingerprint density at radius 3 is 1.26 bits per heavy atom. The highest BCUT2D eigenvalue weighted by Gasteiger charge is 2.21. The van der Waals surface area contributed by atoms with Crippen LogP contribution in [0.25, 0.3) is 0 Å². The highest BCUT2D eigenvalue weighted by atomic mass is 31.2. The molecule has 0 bridgehead atoms. The molecule has 0 aromatic rings. The van der Waals surface area contributed by atoms with Gasteiger partial charge in [-0.2, -0.15) is 0 Å². The third-order valence-corrected chi connectivity index (χ3v) is 10.1.